The first kappa shape index (κ1) is 7.86. The molecular weight excluding hydrogens is 164 g/mol. The molecule has 66 valence electrons. The zero-order valence-electron chi connectivity index (χ0n) is 7.10. The number of rotatable bonds is 2. The van der Waals surface area contributed by atoms with Crippen LogP contribution in [-0.2, 0) is 6.42 Å². The highest BCUT2D eigenvalue weighted by Gasteiger charge is 2.01. The predicted molar refractivity (Wildman–Crippen MR) is 50.2 cm³/mol. The maximum Gasteiger partial charge on any atom is 0.108 e. The van der Waals surface area contributed by atoms with Gasteiger partial charge in [-0.3, -0.25) is 4.98 Å². The van der Waals surface area contributed by atoms with Gasteiger partial charge in [-0.15, -0.1) is 0 Å². The number of nitrogen functional groups attached to an aromatic ring is 1. The molecule has 3 heteroatoms. The van der Waals surface area contributed by atoms with Crippen molar-refractivity contribution < 1.29 is 4.42 Å². The molecule has 2 rings (SSSR count). The molecule has 0 aromatic carbocycles. The van der Waals surface area contributed by atoms with E-state index in [1.165, 1.54) is 0 Å². The Balaban J connectivity index is 2.24. The second-order valence-corrected chi connectivity index (χ2v) is 2.83. The van der Waals surface area contributed by atoms with E-state index in [4.69, 9.17) is 10.2 Å². The van der Waals surface area contributed by atoms with E-state index in [1.807, 2.05) is 12.1 Å². The molecule has 0 atom stereocenters. The number of pyridine rings is 1. The molecule has 0 amide bonds. The monoisotopic (exact) mass is 174 g/mol. The highest BCUT2D eigenvalue weighted by Crippen LogP contribution is 2.14. The molecule has 0 bridgehead atoms. The summed E-state index contributed by atoms with van der Waals surface area (Å²) < 4.78 is 5.21. The Bertz CT molecular complexity index is 382. The molecule has 0 saturated heterocycles. The van der Waals surface area contributed by atoms with E-state index < -0.39 is 0 Å². The molecule has 0 fully saturated rings. The van der Waals surface area contributed by atoms with Gasteiger partial charge in [0, 0.05) is 30.1 Å². The fourth-order valence-electron chi connectivity index (χ4n) is 1.19. The van der Waals surface area contributed by atoms with Gasteiger partial charge in [0.15, 0.2) is 0 Å². The Morgan fingerprint density at radius 1 is 1.38 bits per heavy atom. The van der Waals surface area contributed by atoms with E-state index in [0.717, 1.165) is 17.0 Å². The fraction of sp³-hybridized carbons (Fsp3) is 0.100. The quantitative estimate of drug-likeness (QED) is 0.755. The van der Waals surface area contributed by atoms with Gasteiger partial charge in [-0.25, -0.2) is 0 Å². The minimum atomic E-state index is 0.701. The van der Waals surface area contributed by atoms with Gasteiger partial charge in [0.1, 0.15) is 5.76 Å². The first-order chi connectivity index (χ1) is 6.36. The summed E-state index contributed by atoms with van der Waals surface area (Å²) in [5, 5.41) is 0. The summed E-state index contributed by atoms with van der Waals surface area (Å²) in [6.07, 6.45) is 5.80. The second-order valence-electron chi connectivity index (χ2n) is 2.83. The third kappa shape index (κ3) is 1.69. The van der Waals surface area contributed by atoms with Crippen molar-refractivity contribution in [1.82, 2.24) is 4.98 Å². The molecule has 0 radical (unpaired) electrons. The van der Waals surface area contributed by atoms with Crippen LogP contribution in [0.3, 0.4) is 0 Å². The van der Waals surface area contributed by atoms with Crippen LogP contribution in [0.1, 0.15) is 11.3 Å². The number of aromatic nitrogens is 1. The van der Waals surface area contributed by atoms with Gasteiger partial charge in [-0.05, 0) is 18.2 Å². The van der Waals surface area contributed by atoms with E-state index in [0.29, 0.717) is 6.42 Å². The Labute approximate surface area is 76.2 Å². The van der Waals surface area contributed by atoms with Crippen molar-refractivity contribution >= 4 is 5.69 Å². The first-order valence-electron chi connectivity index (χ1n) is 4.07. The lowest BCUT2D eigenvalue weighted by Crippen LogP contribution is -1.95. The van der Waals surface area contributed by atoms with Crippen molar-refractivity contribution in [1.29, 1.82) is 0 Å². The van der Waals surface area contributed by atoms with Crippen LogP contribution >= 0.6 is 0 Å². The minimum absolute atomic E-state index is 0.701. The van der Waals surface area contributed by atoms with Crippen molar-refractivity contribution in [3.8, 4) is 0 Å². The normalized spacial score (nSPS) is 10.2. The summed E-state index contributed by atoms with van der Waals surface area (Å²) in [4.78, 5) is 4.00. The summed E-state index contributed by atoms with van der Waals surface area (Å²) in [5.74, 6) is 0.903. The molecule has 3 nitrogen and oxygen atoms in total. The van der Waals surface area contributed by atoms with E-state index in [1.54, 1.807) is 24.7 Å². The van der Waals surface area contributed by atoms with Crippen molar-refractivity contribution in [2.75, 3.05) is 5.73 Å². The Morgan fingerprint density at radius 2 is 2.31 bits per heavy atom. The number of furan rings is 1. The maximum absolute atomic E-state index is 5.76. The maximum atomic E-state index is 5.76. The molecule has 2 N–H and O–H groups in total. The fourth-order valence-corrected chi connectivity index (χ4v) is 1.19. The molecule has 0 unspecified atom stereocenters. The van der Waals surface area contributed by atoms with Gasteiger partial charge >= 0.3 is 0 Å². The summed E-state index contributed by atoms with van der Waals surface area (Å²) in [5.41, 5.74) is 7.51. The van der Waals surface area contributed by atoms with E-state index >= 15 is 0 Å². The van der Waals surface area contributed by atoms with Crippen molar-refractivity contribution in [2.45, 2.75) is 6.42 Å². The van der Waals surface area contributed by atoms with E-state index in [9.17, 15) is 0 Å². The third-order valence-corrected chi connectivity index (χ3v) is 1.89. The van der Waals surface area contributed by atoms with Gasteiger partial charge in [0.25, 0.3) is 0 Å². The first-order valence-corrected chi connectivity index (χ1v) is 4.07. The van der Waals surface area contributed by atoms with Gasteiger partial charge in [-0.1, -0.05) is 0 Å². The molecule has 0 saturated carbocycles. The molecule has 2 aromatic heterocycles. The molecule has 0 spiro atoms. The van der Waals surface area contributed by atoms with Crippen molar-refractivity contribution in [3.05, 3.63) is 48.2 Å². The lowest BCUT2D eigenvalue weighted by Gasteiger charge is -2.01. The molecule has 2 heterocycles. The average Bonchev–Trinajstić information content (AvgIpc) is 2.61. The highest BCUT2D eigenvalue weighted by molar-refractivity contribution is 5.45. The largest absolute Gasteiger partial charge is 0.469 e. The lowest BCUT2D eigenvalue weighted by molar-refractivity contribution is 0.521. The zero-order valence-corrected chi connectivity index (χ0v) is 7.10. The number of hydrogen-bond acceptors (Lipinski definition) is 3. The van der Waals surface area contributed by atoms with Crippen LogP contribution in [0.5, 0.6) is 0 Å². The Kier molecular flexibility index (Phi) is 2.00. The summed E-state index contributed by atoms with van der Waals surface area (Å²) in [6, 6.07) is 5.58. The SMILES string of the molecule is Nc1ccncc1Cc1ccco1. The summed E-state index contributed by atoms with van der Waals surface area (Å²) in [7, 11) is 0. The predicted octanol–water partition coefficient (Wildman–Crippen LogP) is 1.85. The van der Waals surface area contributed by atoms with Crippen LogP contribution < -0.4 is 5.73 Å². The zero-order chi connectivity index (χ0) is 9.10. The van der Waals surface area contributed by atoms with Gasteiger partial charge in [0.05, 0.1) is 6.26 Å². The molecule has 0 aliphatic heterocycles. The van der Waals surface area contributed by atoms with Crippen LogP contribution in [0.15, 0.2) is 41.3 Å². The molecule has 13 heavy (non-hydrogen) atoms. The average molecular weight is 174 g/mol. The smallest absolute Gasteiger partial charge is 0.108 e. The molecule has 0 aliphatic carbocycles. The standard InChI is InChI=1S/C10H10N2O/c11-10-3-4-12-7-8(10)6-9-2-1-5-13-9/h1-5,7H,6H2,(H2,11,12). The number of nitrogens with zero attached hydrogens (tertiary/aromatic N) is 1. The van der Waals surface area contributed by atoms with Crippen LogP contribution in [-0.4, -0.2) is 4.98 Å². The van der Waals surface area contributed by atoms with Gasteiger partial charge in [-0.2, -0.15) is 0 Å². The lowest BCUT2D eigenvalue weighted by atomic mass is 10.1. The highest BCUT2D eigenvalue weighted by atomic mass is 16.3. The van der Waals surface area contributed by atoms with Gasteiger partial charge in [0.2, 0.25) is 0 Å². The van der Waals surface area contributed by atoms with Crippen molar-refractivity contribution in [3.63, 3.8) is 0 Å². The number of nitrogens with two attached hydrogens (primary N) is 1. The number of hydrogen-bond donors (Lipinski definition) is 1. The van der Waals surface area contributed by atoms with Crippen LogP contribution in [0.4, 0.5) is 5.69 Å². The van der Waals surface area contributed by atoms with E-state index in [2.05, 4.69) is 4.98 Å². The summed E-state index contributed by atoms with van der Waals surface area (Å²) in [6.45, 7) is 0. The second kappa shape index (κ2) is 3.31. The minimum Gasteiger partial charge on any atom is -0.469 e. The third-order valence-electron chi connectivity index (χ3n) is 1.89. The molecular formula is C10H10N2O. The molecule has 0 aliphatic rings. The Hall–Kier alpha value is -1.77. The number of anilines is 1. The topological polar surface area (TPSA) is 52.0 Å². The molecule has 2 aromatic rings. The van der Waals surface area contributed by atoms with E-state index in [-0.39, 0.29) is 0 Å². The van der Waals surface area contributed by atoms with Crippen LogP contribution in [0.2, 0.25) is 0 Å². The summed E-state index contributed by atoms with van der Waals surface area (Å²) >= 11 is 0. The van der Waals surface area contributed by atoms with Crippen molar-refractivity contribution in [2.24, 2.45) is 0 Å². The Morgan fingerprint density at radius 3 is 3.00 bits per heavy atom. The van der Waals surface area contributed by atoms with Gasteiger partial charge < -0.3 is 10.2 Å². The van der Waals surface area contributed by atoms with Crippen LogP contribution in [0.25, 0.3) is 0 Å². The van der Waals surface area contributed by atoms with Crippen LogP contribution in [0, 0.1) is 0 Å².